The third kappa shape index (κ3) is 2.92. The molecule has 1 fully saturated rings. The van der Waals surface area contributed by atoms with Crippen LogP contribution in [0.25, 0.3) is 0 Å². The van der Waals surface area contributed by atoms with Gasteiger partial charge in [-0.05, 0) is 18.8 Å². The van der Waals surface area contributed by atoms with Crippen molar-refractivity contribution in [2.45, 2.75) is 33.1 Å². The van der Waals surface area contributed by atoms with Crippen LogP contribution in [0.2, 0.25) is 0 Å². The molecule has 0 amide bonds. The Morgan fingerprint density at radius 1 is 1.27 bits per heavy atom. The summed E-state index contributed by atoms with van der Waals surface area (Å²) in [6, 6.07) is 0. The number of nitrogens with zero attached hydrogens (tertiary/aromatic N) is 2. The first-order valence-corrected chi connectivity index (χ1v) is 7.13. The Bertz CT molecular complexity index is 282. The zero-order valence-corrected chi connectivity index (χ0v) is 10.8. The Morgan fingerprint density at radius 3 is 2.20 bits per heavy atom. The molecule has 1 heterocycles. The number of hydrogen-bond donors (Lipinski definition) is 0. The zero-order valence-electron chi connectivity index (χ0n) is 9.94. The van der Waals surface area contributed by atoms with Crippen molar-refractivity contribution in [1.82, 2.24) is 8.61 Å². The molecule has 4 nitrogen and oxygen atoms in total. The van der Waals surface area contributed by atoms with E-state index in [1.807, 2.05) is 6.92 Å². The molecule has 0 N–H and O–H groups in total. The highest BCUT2D eigenvalue weighted by atomic mass is 32.2. The summed E-state index contributed by atoms with van der Waals surface area (Å²) < 4.78 is 27.0. The van der Waals surface area contributed by atoms with Gasteiger partial charge in [-0.3, -0.25) is 0 Å². The molecule has 0 radical (unpaired) electrons. The predicted molar refractivity (Wildman–Crippen MR) is 61.8 cm³/mol. The Morgan fingerprint density at radius 2 is 1.80 bits per heavy atom. The van der Waals surface area contributed by atoms with Crippen LogP contribution in [-0.2, 0) is 10.2 Å². The van der Waals surface area contributed by atoms with Crippen molar-refractivity contribution in [3.63, 3.8) is 0 Å². The van der Waals surface area contributed by atoms with Crippen LogP contribution in [0.4, 0.5) is 0 Å². The van der Waals surface area contributed by atoms with E-state index < -0.39 is 10.2 Å². The van der Waals surface area contributed by atoms with Gasteiger partial charge in [0.05, 0.1) is 0 Å². The molecule has 1 aliphatic rings. The minimum atomic E-state index is -3.18. The van der Waals surface area contributed by atoms with E-state index in [0.717, 1.165) is 19.3 Å². The van der Waals surface area contributed by atoms with Crippen LogP contribution >= 0.6 is 0 Å². The molecule has 1 saturated heterocycles. The van der Waals surface area contributed by atoms with Crippen LogP contribution in [0.5, 0.6) is 0 Å². The fourth-order valence-corrected chi connectivity index (χ4v) is 3.30. The van der Waals surface area contributed by atoms with Gasteiger partial charge >= 0.3 is 0 Å². The molecule has 0 spiro atoms. The van der Waals surface area contributed by atoms with Crippen molar-refractivity contribution in [1.29, 1.82) is 0 Å². The molecular formula is C10H22N2O2S. The molecule has 0 unspecified atom stereocenters. The molecule has 1 aliphatic heterocycles. The van der Waals surface area contributed by atoms with E-state index in [0.29, 0.717) is 25.6 Å². The van der Waals surface area contributed by atoms with E-state index in [4.69, 9.17) is 0 Å². The summed E-state index contributed by atoms with van der Waals surface area (Å²) >= 11 is 0. The van der Waals surface area contributed by atoms with E-state index in [1.165, 1.54) is 4.31 Å². The number of piperidine rings is 1. The quantitative estimate of drug-likeness (QED) is 0.736. The summed E-state index contributed by atoms with van der Waals surface area (Å²) in [5.74, 6) is 0.711. The first-order chi connectivity index (χ1) is 7.02. The molecule has 5 heteroatoms. The second-order valence-electron chi connectivity index (χ2n) is 4.17. The highest BCUT2D eigenvalue weighted by Crippen LogP contribution is 2.22. The standard InChI is InChI=1S/C10H22N2O2S/c1-4-10-6-8-12(9-7-10)15(13,14)11(3)5-2/h10H,4-9H2,1-3H3. The first-order valence-electron chi connectivity index (χ1n) is 5.73. The van der Waals surface area contributed by atoms with Crippen LogP contribution in [-0.4, -0.2) is 43.7 Å². The predicted octanol–water partition coefficient (Wildman–Crippen LogP) is 1.30. The van der Waals surface area contributed by atoms with Crippen LogP contribution in [0, 0.1) is 5.92 Å². The lowest BCUT2D eigenvalue weighted by Crippen LogP contribution is -2.45. The number of rotatable bonds is 4. The third-order valence-electron chi connectivity index (χ3n) is 3.32. The normalized spacial score (nSPS) is 21.1. The van der Waals surface area contributed by atoms with Crippen molar-refractivity contribution >= 4 is 10.2 Å². The van der Waals surface area contributed by atoms with E-state index in [2.05, 4.69) is 6.92 Å². The van der Waals surface area contributed by atoms with Crippen LogP contribution in [0.3, 0.4) is 0 Å². The third-order valence-corrected chi connectivity index (χ3v) is 5.38. The van der Waals surface area contributed by atoms with Gasteiger partial charge in [-0.15, -0.1) is 0 Å². The second kappa shape index (κ2) is 5.27. The number of hydrogen-bond acceptors (Lipinski definition) is 2. The average molecular weight is 234 g/mol. The van der Waals surface area contributed by atoms with Gasteiger partial charge in [0.15, 0.2) is 0 Å². The average Bonchev–Trinajstić information content (AvgIpc) is 2.28. The smallest absolute Gasteiger partial charge is 0.195 e. The highest BCUT2D eigenvalue weighted by Gasteiger charge is 2.29. The van der Waals surface area contributed by atoms with Crippen molar-refractivity contribution in [2.24, 2.45) is 5.92 Å². The molecule has 1 rings (SSSR count). The van der Waals surface area contributed by atoms with Gasteiger partial charge < -0.3 is 0 Å². The highest BCUT2D eigenvalue weighted by molar-refractivity contribution is 7.86. The molecule has 0 aromatic carbocycles. The maximum Gasteiger partial charge on any atom is 0.281 e. The zero-order chi connectivity index (χ0) is 11.5. The molecule has 15 heavy (non-hydrogen) atoms. The summed E-state index contributed by atoms with van der Waals surface area (Å²) in [6.45, 7) is 5.94. The van der Waals surface area contributed by atoms with Crippen molar-refractivity contribution in [3.8, 4) is 0 Å². The van der Waals surface area contributed by atoms with Crippen molar-refractivity contribution < 1.29 is 8.42 Å². The van der Waals surface area contributed by atoms with Gasteiger partial charge in [0.25, 0.3) is 10.2 Å². The Hall–Kier alpha value is -0.130. The van der Waals surface area contributed by atoms with Crippen LogP contribution in [0.1, 0.15) is 33.1 Å². The molecule has 90 valence electrons. The van der Waals surface area contributed by atoms with Gasteiger partial charge in [0.1, 0.15) is 0 Å². The minimum Gasteiger partial charge on any atom is -0.195 e. The molecule has 0 atom stereocenters. The van der Waals surface area contributed by atoms with Gasteiger partial charge in [-0.25, -0.2) is 0 Å². The molecule has 0 aromatic rings. The van der Waals surface area contributed by atoms with E-state index in [-0.39, 0.29) is 0 Å². The summed E-state index contributed by atoms with van der Waals surface area (Å²) in [7, 11) is -1.54. The monoisotopic (exact) mass is 234 g/mol. The van der Waals surface area contributed by atoms with Crippen LogP contribution < -0.4 is 0 Å². The molecule has 0 saturated carbocycles. The first kappa shape index (κ1) is 12.9. The fourth-order valence-electron chi connectivity index (χ4n) is 1.91. The maximum atomic E-state index is 12.0. The van der Waals surface area contributed by atoms with Gasteiger partial charge in [-0.1, -0.05) is 20.3 Å². The Kier molecular flexibility index (Phi) is 4.55. The lowest BCUT2D eigenvalue weighted by atomic mass is 9.96. The maximum absolute atomic E-state index is 12.0. The van der Waals surface area contributed by atoms with Crippen LogP contribution in [0.15, 0.2) is 0 Å². The summed E-state index contributed by atoms with van der Waals surface area (Å²) in [4.78, 5) is 0. The SMILES string of the molecule is CCC1CCN(S(=O)(=O)N(C)CC)CC1. The second-order valence-corrected chi connectivity index (χ2v) is 6.21. The summed E-state index contributed by atoms with van der Waals surface area (Å²) in [5.41, 5.74) is 0. The Labute approximate surface area is 93.4 Å². The largest absolute Gasteiger partial charge is 0.281 e. The fraction of sp³-hybridized carbons (Fsp3) is 1.00. The topological polar surface area (TPSA) is 40.6 Å². The molecule has 0 aromatic heterocycles. The lowest BCUT2D eigenvalue weighted by Gasteiger charge is -2.33. The molecule has 0 aliphatic carbocycles. The van der Waals surface area contributed by atoms with Gasteiger partial charge in [0.2, 0.25) is 0 Å². The van der Waals surface area contributed by atoms with Crippen molar-refractivity contribution in [2.75, 3.05) is 26.7 Å². The van der Waals surface area contributed by atoms with Gasteiger partial charge in [-0.2, -0.15) is 17.0 Å². The van der Waals surface area contributed by atoms with E-state index in [1.54, 1.807) is 11.4 Å². The van der Waals surface area contributed by atoms with E-state index in [9.17, 15) is 8.42 Å². The lowest BCUT2D eigenvalue weighted by molar-refractivity contribution is 0.256. The summed E-state index contributed by atoms with van der Waals surface area (Å²) in [5, 5.41) is 0. The van der Waals surface area contributed by atoms with Crippen molar-refractivity contribution in [3.05, 3.63) is 0 Å². The Balaban J connectivity index is 2.60. The minimum absolute atomic E-state index is 0.538. The summed E-state index contributed by atoms with van der Waals surface area (Å²) in [6.07, 6.45) is 3.18. The molecular weight excluding hydrogens is 212 g/mol. The molecule has 0 bridgehead atoms. The van der Waals surface area contributed by atoms with E-state index >= 15 is 0 Å². The van der Waals surface area contributed by atoms with Gasteiger partial charge in [0, 0.05) is 26.7 Å².